The quantitative estimate of drug-likeness (QED) is 0.895. The monoisotopic (exact) mass is 296 g/mol. The molecular weight excluding hydrogens is 276 g/mol. The van der Waals surface area contributed by atoms with Crippen LogP contribution in [0.1, 0.15) is 32.8 Å². The van der Waals surface area contributed by atoms with E-state index in [-0.39, 0.29) is 24.3 Å². The highest BCUT2D eigenvalue weighted by atomic mass is 32.2. The third-order valence-electron chi connectivity index (χ3n) is 3.56. The second-order valence-corrected chi connectivity index (χ2v) is 8.03. The van der Waals surface area contributed by atoms with E-state index in [4.69, 9.17) is 5.14 Å². The van der Waals surface area contributed by atoms with Gasteiger partial charge >= 0.3 is 0 Å². The van der Waals surface area contributed by atoms with Crippen LogP contribution in [-0.4, -0.2) is 26.1 Å². The van der Waals surface area contributed by atoms with Crippen LogP contribution in [0.2, 0.25) is 0 Å². The summed E-state index contributed by atoms with van der Waals surface area (Å²) in [6, 6.07) is 7.58. The van der Waals surface area contributed by atoms with Gasteiger partial charge < -0.3 is 4.90 Å². The summed E-state index contributed by atoms with van der Waals surface area (Å²) in [4.78, 5) is 13.7. The number of nitrogens with zero attached hydrogens (tertiary/aromatic N) is 1. The molecule has 1 aromatic carbocycles. The topological polar surface area (TPSA) is 80.5 Å². The molecule has 0 aliphatic carbocycles. The molecule has 2 rings (SSSR count). The highest BCUT2D eigenvalue weighted by Gasteiger charge is 2.38. The number of nitrogens with two attached hydrogens (primary N) is 1. The molecule has 1 aliphatic heterocycles. The number of para-hydroxylation sites is 1. The number of benzene rings is 1. The number of hydrogen-bond donors (Lipinski definition) is 1. The van der Waals surface area contributed by atoms with E-state index in [0.717, 1.165) is 11.3 Å². The molecule has 1 atom stereocenters. The second kappa shape index (κ2) is 4.86. The number of hydrogen-bond acceptors (Lipinski definition) is 3. The van der Waals surface area contributed by atoms with E-state index < -0.39 is 15.3 Å². The number of sulfonamides is 1. The van der Waals surface area contributed by atoms with Crippen LogP contribution in [0.4, 0.5) is 5.69 Å². The van der Waals surface area contributed by atoms with Crippen LogP contribution >= 0.6 is 0 Å². The molecule has 0 saturated carbocycles. The highest BCUT2D eigenvalue weighted by Crippen LogP contribution is 2.34. The fourth-order valence-electron chi connectivity index (χ4n) is 2.47. The van der Waals surface area contributed by atoms with Gasteiger partial charge in [-0.2, -0.15) is 0 Å². The maximum absolute atomic E-state index is 12.1. The molecule has 1 aliphatic rings. The first kappa shape index (κ1) is 15.0. The molecule has 1 fully saturated rings. The molecule has 0 radical (unpaired) electrons. The zero-order chi connectivity index (χ0) is 15.1. The number of rotatable bonds is 2. The average molecular weight is 296 g/mol. The van der Waals surface area contributed by atoms with Gasteiger partial charge in [-0.15, -0.1) is 0 Å². The van der Waals surface area contributed by atoms with Gasteiger partial charge in [0.15, 0.2) is 0 Å². The molecule has 6 heteroatoms. The van der Waals surface area contributed by atoms with E-state index in [2.05, 4.69) is 20.8 Å². The van der Waals surface area contributed by atoms with Crippen molar-refractivity contribution in [1.29, 1.82) is 0 Å². The minimum absolute atomic E-state index is 0.0443. The van der Waals surface area contributed by atoms with Crippen LogP contribution < -0.4 is 10.0 Å². The summed E-state index contributed by atoms with van der Waals surface area (Å²) in [6.07, 6.45) is -0.0443. The van der Waals surface area contributed by atoms with Crippen molar-refractivity contribution in [1.82, 2.24) is 0 Å². The van der Waals surface area contributed by atoms with Crippen molar-refractivity contribution in [2.24, 2.45) is 5.14 Å². The zero-order valence-electron chi connectivity index (χ0n) is 12.0. The predicted molar refractivity (Wildman–Crippen MR) is 79.0 cm³/mol. The van der Waals surface area contributed by atoms with Gasteiger partial charge in [-0.25, -0.2) is 13.6 Å². The molecule has 0 bridgehead atoms. The summed E-state index contributed by atoms with van der Waals surface area (Å²) in [5.74, 6) is -0.194. The lowest BCUT2D eigenvalue weighted by atomic mass is 9.85. The first-order valence-corrected chi connectivity index (χ1v) is 8.13. The summed E-state index contributed by atoms with van der Waals surface area (Å²) in [5, 5.41) is 4.34. The Kier molecular flexibility index (Phi) is 3.64. The lowest BCUT2D eigenvalue weighted by Gasteiger charge is -2.27. The molecule has 110 valence electrons. The Morgan fingerprint density at radius 3 is 2.35 bits per heavy atom. The standard InChI is InChI=1S/C14H20N2O3S/c1-14(2,3)11-6-4-5-7-12(11)16-9-10(8-13(16)17)20(15,18)19/h4-7,10H,8-9H2,1-3H3,(H2,15,18,19). The average Bonchev–Trinajstić information content (AvgIpc) is 2.70. The van der Waals surface area contributed by atoms with Crippen LogP contribution in [0.15, 0.2) is 24.3 Å². The molecule has 0 aromatic heterocycles. The van der Waals surface area contributed by atoms with Gasteiger partial charge in [0.05, 0.1) is 0 Å². The fraction of sp³-hybridized carbons (Fsp3) is 0.500. The van der Waals surface area contributed by atoms with Crippen molar-refractivity contribution < 1.29 is 13.2 Å². The summed E-state index contributed by atoms with van der Waals surface area (Å²) >= 11 is 0. The number of amides is 1. The normalized spacial score (nSPS) is 20.5. The van der Waals surface area contributed by atoms with E-state index in [1.165, 1.54) is 4.90 Å². The van der Waals surface area contributed by atoms with Crippen LogP contribution in [-0.2, 0) is 20.2 Å². The van der Waals surface area contributed by atoms with Crippen LogP contribution in [0.5, 0.6) is 0 Å². The van der Waals surface area contributed by atoms with Crippen molar-refractivity contribution in [2.75, 3.05) is 11.4 Å². The molecule has 1 heterocycles. The predicted octanol–water partition coefficient (Wildman–Crippen LogP) is 1.38. The Labute approximate surface area is 119 Å². The van der Waals surface area contributed by atoms with Gasteiger partial charge in [-0.05, 0) is 17.0 Å². The summed E-state index contributed by atoms with van der Waals surface area (Å²) in [7, 11) is -3.69. The highest BCUT2D eigenvalue weighted by molar-refractivity contribution is 7.89. The lowest BCUT2D eigenvalue weighted by molar-refractivity contribution is -0.117. The van der Waals surface area contributed by atoms with Crippen molar-refractivity contribution in [3.05, 3.63) is 29.8 Å². The van der Waals surface area contributed by atoms with Crippen LogP contribution in [0, 0.1) is 0 Å². The lowest BCUT2D eigenvalue weighted by Crippen LogP contribution is -2.33. The van der Waals surface area contributed by atoms with Crippen molar-refractivity contribution in [3.63, 3.8) is 0 Å². The number of carbonyl (C=O) groups excluding carboxylic acids is 1. The molecule has 20 heavy (non-hydrogen) atoms. The molecular formula is C14H20N2O3S. The van der Waals surface area contributed by atoms with E-state index >= 15 is 0 Å². The van der Waals surface area contributed by atoms with Crippen molar-refractivity contribution in [2.45, 2.75) is 37.9 Å². The molecule has 1 saturated heterocycles. The molecule has 2 N–H and O–H groups in total. The maximum Gasteiger partial charge on any atom is 0.228 e. The van der Waals surface area contributed by atoms with Crippen LogP contribution in [0.3, 0.4) is 0 Å². The first-order chi connectivity index (χ1) is 9.10. The first-order valence-electron chi connectivity index (χ1n) is 6.52. The van der Waals surface area contributed by atoms with Gasteiger partial charge in [-0.3, -0.25) is 4.79 Å². The molecule has 5 nitrogen and oxygen atoms in total. The summed E-state index contributed by atoms with van der Waals surface area (Å²) in [6.45, 7) is 6.31. The number of primary sulfonamides is 1. The molecule has 1 aromatic rings. The Morgan fingerprint density at radius 1 is 1.25 bits per heavy atom. The molecule has 0 spiro atoms. The Morgan fingerprint density at radius 2 is 1.85 bits per heavy atom. The Balaban J connectivity index is 2.41. The third-order valence-corrected chi connectivity index (χ3v) is 4.80. The second-order valence-electron chi connectivity index (χ2n) is 6.19. The van der Waals surface area contributed by atoms with Crippen molar-refractivity contribution >= 4 is 21.6 Å². The van der Waals surface area contributed by atoms with E-state index in [0.29, 0.717) is 0 Å². The minimum Gasteiger partial charge on any atom is -0.311 e. The minimum atomic E-state index is -3.69. The van der Waals surface area contributed by atoms with E-state index in [9.17, 15) is 13.2 Å². The van der Waals surface area contributed by atoms with E-state index in [1.807, 2.05) is 24.3 Å². The zero-order valence-corrected chi connectivity index (χ0v) is 12.8. The van der Waals surface area contributed by atoms with Gasteiger partial charge in [0.2, 0.25) is 15.9 Å². The maximum atomic E-state index is 12.1. The third kappa shape index (κ3) is 2.86. The number of anilines is 1. The summed E-state index contributed by atoms with van der Waals surface area (Å²) in [5.41, 5.74) is 1.66. The Bertz CT molecular complexity index is 632. The van der Waals surface area contributed by atoms with Gasteiger partial charge in [0.25, 0.3) is 0 Å². The van der Waals surface area contributed by atoms with Gasteiger partial charge in [0, 0.05) is 18.7 Å². The summed E-state index contributed by atoms with van der Waals surface area (Å²) < 4.78 is 22.9. The fourth-order valence-corrected chi connectivity index (χ4v) is 3.20. The number of carbonyl (C=O) groups is 1. The van der Waals surface area contributed by atoms with Crippen molar-refractivity contribution in [3.8, 4) is 0 Å². The smallest absolute Gasteiger partial charge is 0.228 e. The SMILES string of the molecule is CC(C)(C)c1ccccc1N1CC(S(N)(=O)=O)CC1=O. The van der Waals surface area contributed by atoms with Crippen LogP contribution in [0.25, 0.3) is 0 Å². The van der Waals surface area contributed by atoms with E-state index in [1.54, 1.807) is 0 Å². The molecule has 1 unspecified atom stereocenters. The molecule has 1 amide bonds. The Hall–Kier alpha value is -1.40. The largest absolute Gasteiger partial charge is 0.311 e. The van der Waals surface area contributed by atoms with Gasteiger partial charge in [0.1, 0.15) is 5.25 Å². The van der Waals surface area contributed by atoms with Gasteiger partial charge in [-0.1, -0.05) is 39.0 Å².